The molecule has 0 heterocycles. The van der Waals surface area contributed by atoms with E-state index in [1.54, 1.807) is 0 Å². The summed E-state index contributed by atoms with van der Waals surface area (Å²) in [6, 6.07) is 0. The minimum Gasteiger partial charge on any atom is -0.137 e. The summed E-state index contributed by atoms with van der Waals surface area (Å²) < 4.78 is 0. The Balaban J connectivity index is 2.39. The standard InChI is InChI=1S/C11H23P/c1-9(2)10-4-6-11(3,8-12)7-5-10/h9-10H,4-8,12H2,1-3H3. The second-order valence-electron chi connectivity index (χ2n) is 5.10. The van der Waals surface area contributed by atoms with E-state index in [0.29, 0.717) is 5.41 Å². The van der Waals surface area contributed by atoms with E-state index in [2.05, 4.69) is 30.0 Å². The molecule has 1 fully saturated rings. The molecule has 0 N–H and O–H groups in total. The van der Waals surface area contributed by atoms with E-state index in [-0.39, 0.29) is 0 Å². The first-order valence-corrected chi connectivity index (χ1v) is 6.09. The van der Waals surface area contributed by atoms with E-state index in [4.69, 9.17) is 0 Å². The van der Waals surface area contributed by atoms with Gasteiger partial charge < -0.3 is 0 Å². The molecule has 0 saturated heterocycles. The van der Waals surface area contributed by atoms with Crippen LogP contribution in [0.2, 0.25) is 0 Å². The van der Waals surface area contributed by atoms with Crippen LogP contribution in [0.15, 0.2) is 0 Å². The van der Waals surface area contributed by atoms with Crippen LogP contribution in [0.1, 0.15) is 46.5 Å². The van der Waals surface area contributed by atoms with E-state index < -0.39 is 0 Å². The Morgan fingerprint density at radius 1 is 1.33 bits per heavy atom. The zero-order valence-corrected chi connectivity index (χ0v) is 9.92. The van der Waals surface area contributed by atoms with Crippen LogP contribution in [-0.2, 0) is 0 Å². The largest absolute Gasteiger partial charge is 0.137 e. The minimum absolute atomic E-state index is 0.649. The molecule has 1 aliphatic rings. The van der Waals surface area contributed by atoms with Crippen LogP contribution in [0.4, 0.5) is 0 Å². The molecule has 12 heavy (non-hydrogen) atoms. The summed E-state index contributed by atoms with van der Waals surface area (Å²) in [5, 5.41) is 0. The second-order valence-corrected chi connectivity index (χ2v) is 5.50. The normalized spacial score (nSPS) is 37.2. The zero-order chi connectivity index (χ0) is 9.19. The molecule has 0 nitrogen and oxygen atoms in total. The summed E-state index contributed by atoms with van der Waals surface area (Å²) in [4.78, 5) is 0. The summed E-state index contributed by atoms with van der Waals surface area (Å²) in [7, 11) is 2.91. The van der Waals surface area contributed by atoms with Crippen molar-refractivity contribution in [1.29, 1.82) is 0 Å². The summed E-state index contributed by atoms with van der Waals surface area (Å²) in [5.74, 6) is 1.91. The monoisotopic (exact) mass is 186 g/mol. The first-order chi connectivity index (χ1) is 5.57. The highest BCUT2D eigenvalue weighted by Crippen LogP contribution is 2.41. The van der Waals surface area contributed by atoms with Crippen LogP contribution in [0.25, 0.3) is 0 Å². The van der Waals surface area contributed by atoms with Crippen molar-refractivity contribution in [2.75, 3.05) is 6.16 Å². The Morgan fingerprint density at radius 2 is 1.83 bits per heavy atom. The van der Waals surface area contributed by atoms with Crippen LogP contribution >= 0.6 is 9.24 Å². The summed E-state index contributed by atoms with van der Waals surface area (Å²) in [6.45, 7) is 7.18. The van der Waals surface area contributed by atoms with E-state index in [9.17, 15) is 0 Å². The van der Waals surface area contributed by atoms with Gasteiger partial charge in [0.15, 0.2) is 0 Å². The van der Waals surface area contributed by atoms with Gasteiger partial charge in [-0.25, -0.2) is 0 Å². The Labute approximate surface area is 79.7 Å². The molecule has 1 unspecified atom stereocenters. The van der Waals surface area contributed by atoms with Crippen LogP contribution in [0.5, 0.6) is 0 Å². The minimum atomic E-state index is 0.649. The highest BCUT2D eigenvalue weighted by atomic mass is 31.0. The molecule has 0 bridgehead atoms. The third-order valence-corrected chi connectivity index (χ3v) is 4.66. The zero-order valence-electron chi connectivity index (χ0n) is 8.77. The van der Waals surface area contributed by atoms with Crippen molar-refractivity contribution in [1.82, 2.24) is 0 Å². The van der Waals surface area contributed by atoms with Gasteiger partial charge in [0.2, 0.25) is 0 Å². The van der Waals surface area contributed by atoms with Crippen LogP contribution < -0.4 is 0 Å². The summed E-state index contributed by atoms with van der Waals surface area (Å²) in [6.07, 6.45) is 7.10. The van der Waals surface area contributed by atoms with Gasteiger partial charge in [0.25, 0.3) is 0 Å². The molecular weight excluding hydrogens is 163 g/mol. The SMILES string of the molecule is CC(C)C1CCC(C)(CP)CC1. The van der Waals surface area contributed by atoms with Gasteiger partial charge in [-0.3, -0.25) is 0 Å². The van der Waals surface area contributed by atoms with Crippen molar-refractivity contribution in [3.8, 4) is 0 Å². The van der Waals surface area contributed by atoms with Gasteiger partial charge in [0.1, 0.15) is 0 Å². The van der Waals surface area contributed by atoms with E-state index in [1.165, 1.54) is 31.8 Å². The lowest BCUT2D eigenvalue weighted by atomic mass is 9.70. The quantitative estimate of drug-likeness (QED) is 0.577. The van der Waals surface area contributed by atoms with Crippen molar-refractivity contribution in [3.63, 3.8) is 0 Å². The third-order valence-electron chi connectivity index (χ3n) is 3.67. The van der Waals surface area contributed by atoms with E-state index >= 15 is 0 Å². The Bertz CT molecular complexity index is 132. The highest BCUT2D eigenvalue weighted by molar-refractivity contribution is 7.16. The van der Waals surface area contributed by atoms with Gasteiger partial charge in [-0.15, -0.1) is 9.24 Å². The smallest absolute Gasteiger partial charge is 0.0291 e. The molecule has 0 amide bonds. The lowest BCUT2D eigenvalue weighted by Gasteiger charge is -2.38. The van der Waals surface area contributed by atoms with E-state index in [1.807, 2.05) is 0 Å². The second kappa shape index (κ2) is 4.09. The van der Waals surface area contributed by atoms with Crippen molar-refractivity contribution >= 4 is 9.24 Å². The lowest BCUT2D eigenvalue weighted by molar-refractivity contribution is 0.165. The first kappa shape index (κ1) is 10.5. The van der Waals surface area contributed by atoms with Gasteiger partial charge in [-0.05, 0) is 49.1 Å². The van der Waals surface area contributed by atoms with Crippen molar-refractivity contribution in [2.24, 2.45) is 17.3 Å². The molecule has 1 aliphatic carbocycles. The van der Waals surface area contributed by atoms with Gasteiger partial charge in [0, 0.05) is 0 Å². The van der Waals surface area contributed by atoms with Crippen LogP contribution in [0.3, 0.4) is 0 Å². The van der Waals surface area contributed by atoms with Crippen molar-refractivity contribution in [2.45, 2.75) is 46.5 Å². The predicted octanol–water partition coefficient (Wildman–Crippen LogP) is 3.71. The fraction of sp³-hybridized carbons (Fsp3) is 1.00. The molecule has 1 heteroatoms. The predicted molar refractivity (Wildman–Crippen MR) is 59.5 cm³/mol. The molecular formula is C11H23P. The molecule has 0 radical (unpaired) electrons. The first-order valence-electron chi connectivity index (χ1n) is 5.27. The van der Waals surface area contributed by atoms with Crippen molar-refractivity contribution in [3.05, 3.63) is 0 Å². The Hall–Kier alpha value is 0.430. The number of rotatable bonds is 2. The van der Waals surface area contributed by atoms with Crippen LogP contribution in [-0.4, -0.2) is 6.16 Å². The molecule has 1 rings (SSSR count). The molecule has 72 valence electrons. The van der Waals surface area contributed by atoms with Gasteiger partial charge in [0.05, 0.1) is 0 Å². The molecule has 0 aromatic rings. The summed E-state index contributed by atoms with van der Waals surface area (Å²) >= 11 is 0. The highest BCUT2D eigenvalue weighted by Gasteiger charge is 2.30. The Morgan fingerprint density at radius 3 is 2.17 bits per heavy atom. The molecule has 1 saturated carbocycles. The topological polar surface area (TPSA) is 0 Å². The van der Waals surface area contributed by atoms with E-state index in [0.717, 1.165) is 11.8 Å². The van der Waals surface area contributed by atoms with Crippen molar-refractivity contribution < 1.29 is 0 Å². The molecule has 0 aliphatic heterocycles. The molecule has 1 atom stereocenters. The fourth-order valence-electron chi connectivity index (χ4n) is 2.21. The van der Waals surface area contributed by atoms with Crippen LogP contribution in [0, 0.1) is 17.3 Å². The maximum absolute atomic E-state index is 2.91. The lowest BCUT2D eigenvalue weighted by Crippen LogP contribution is -2.27. The number of hydrogen-bond acceptors (Lipinski definition) is 0. The maximum Gasteiger partial charge on any atom is -0.0291 e. The van der Waals surface area contributed by atoms with Gasteiger partial charge in [-0.2, -0.15) is 0 Å². The summed E-state index contributed by atoms with van der Waals surface area (Å²) in [5.41, 5.74) is 0.649. The molecule has 0 spiro atoms. The third kappa shape index (κ3) is 2.46. The average Bonchev–Trinajstić information content (AvgIpc) is 2.05. The maximum atomic E-state index is 2.91. The number of hydrogen-bond donors (Lipinski definition) is 0. The van der Waals surface area contributed by atoms with Gasteiger partial charge in [-0.1, -0.05) is 20.8 Å². The molecule has 0 aromatic heterocycles. The molecule has 0 aromatic carbocycles. The average molecular weight is 186 g/mol. The fourth-order valence-corrected chi connectivity index (χ4v) is 2.62. The Kier molecular flexibility index (Phi) is 3.58. The van der Waals surface area contributed by atoms with Gasteiger partial charge >= 0.3 is 0 Å².